The molecule has 14 rings (SSSR count). The molecule has 10 heterocycles. The molecule has 2 aromatic heterocycles. The molecule has 8 atom stereocenters. The smallest absolute Gasteiger partial charge is 0.416 e. The van der Waals surface area contributed by atoms with Crippen molar-refractivity contribution in [3.63, 3.8) is 0 Å². The number of ketones is 1. The number of rotatable bonds is 32. The number of nitrogens with zero attached hydrogens (tertiary/aromatic N) is 11. The van der Waals surface area contributed by atoms with E-state index in [0.717, 1.165) is 38.5 Å². The van der Waals surface area contributed by atoms with Gasteiger partial charge in [-0.2, -0.15) is 0 Å². The number of ether oxygens (including phenoxy) is 10. The Hall–Kier alpha value is -11.6. The molecule has 8 aliphatic rings. The van der Waals surface area contributed by atoms with Crippen LogP contribution in [0.25, 0.3) is 0 Å². The second-order valence-electron chi connectivity index (χ2n) is 30.3. The molecule has 4 aromatic carbocycles. The Kier molecular flexibility index (Phi) is 28.8. The standard InChI is InChI=1S/C43H47N5O12S2.C42H46N6O11S2/c1-24-13-32-34(49)15-27-16-37(35(56-4)17-29(27)40(50)45(32)21-24)58-11-7-6-8-12-59-38-19-31-30(18-36(38)57-5)41(51)46-22-25(2)14-33(46)42(52)47(31)43(53)60-23-26(3)61-62-39-10-9-28(20-44-39)48(54)55;1-24-13-28-20-43-31-17-36(34(55-4)15-29(31)39(49)45(28)21-24)57-11-7-6-8-12-58-37-18-32-30(16-35(37)56-5)40(50)46-22-25(2)14-33(46)41(51)47(32)42(52)59-23-26(3)60-61-38-10-9-27(19-44-38)48(53)54/h9-10,16-20,26,32-33,42,52H,1-2,6-8,11-15,21-23H2,3-5H3;9-10,15-20,26,28,33,41,51H,1-2,6-8,11-14,21-23H2,3-5H3/t26-,32+,33+,42+;26-,28+,33+,41+/m11/s1. The number of amides is 6. The summed E-state index contributed by atoms with van der Waals surface area (Å²) in [6.07, 6.45) is 5.30. The van der Waals surface area contributed by atoms with Crippen LogP contribution >= 0.6 is 43.2 Å². The Bertz CT molecular complexity index is 5180. The Balaban J connectivity index is 0.000000212. The van der Waals surface area contributed by atoms with E-state index in [9.17, 15) is 64.0 Å². The molecule has 34 nitrogen and oxygen atoms in total. The number of aliphatic imine (C=N–C) groups is 1. The first-order valence-corrected chi connectivity index (χ1v) is 44.1. The molecule has 4 saturated heterocycles. The lowest BCUT2D eigenvalue weighted by molar-refractivity contribution is -0.385. The highest BCUT2D eigenvalue weighted by atomic mass is 33.1. The summed E-state index contributed by atoms with van der Waals surface area (Å²) in [7, 11) is 11.2. The van der Waals surface area contributed by atoms with Crippen LogP contribution < -0.4 is 47.7 Å². The summed E-state index contributed by atoms with van der Waals surface area (Å²) in [6.45, 7) is 22.1. The lowest BCUT2D eigenvalue weighted by atomic mass is 9.99. The van der Waals surface area contributed by atoms with E-state index in [4.69, 9.17) is 47.4 Å². The fourth-order valence-corrected chi connectivity index (χ4v) is 19.1. The van der Waals surface area contributed by atoms with E-state index in [1.807, 2.05) is 13.8 Å². The van der Waals surface area contributed by atoms with Gasteiger partial charge in [0.2, 0.25) is 0 Å². The average molecular weight is 1770 g/mol. The molecule has 0 radical (unpaired) electrons. The Morgan fingerprint density at radius 1 is 0.496 bits per heavy atom. The van der Waals surface area contributed by atoms with Gasteiger partial charge in [0.05, 0.1) is 123 Å². The molecule has 38 heteroatoms. The van der Waals surface area contributed by atoms with Crippen LogP contribution in [0.15, 0.2) is 149 Å². The lowest BCUT2D eigenvalue weighted by Gasteiger charge is -2.31. The van der Waals surface area contributed by atoms with Crippen LogP contribution in [0.4, 0.5) is 38.0 Å². The van der Waals surface area contributed by atoms with E-state index in [-0.39, 0.29) is 143 Å². The largest absolute Gasteiger partial charge is 0.493 e. The molecule has 2 N–H and O–H groups in total. The van der Waals surface area contributed by atoms with Crippen LogP contribution in [0.2, 0.25) is 0 Å². The van der Waals surface area contributed by atoms with Gasteiger partial charge in [0.25, 0.3) is 35.0 Å². The van der Waals surface area contributed by atoms with Crippen LogP contribution in [-0.4, -0.2) is 239 Å². The zero-order valence-corrected chi connectivity index (χ0v) is 71.7. The summed E-state index contributed by atoms with van der Waals surface area (Å²) in [4.78, 5) is 138. The van der Waals surface area contributed by atoms with Crippen molar-refractivity contribution >= 4 is 119 Å². The van der Waals surface area contributed by atoms with Gasteiger partial charge in [0, 0.05) is 85.2 Å². The van der Waals surface area contributed by atoms with Gasteiger partial charge in [-0.15, -0.1) is 0 Å². The third-order valence-corrected chi connectivity index (χ3v) is 27.0. The van der Waals surface area contributed by atoms with Gasteiger partial charge < -0.3 is 77.2 Å². The molecule has 6 amide bonds. The number of benzene rings is 4. The molecule has 0 saturated carbocycles. The fourth-order valence-electron chi connectivity index (χ4n) is 15.3. The number of anilines is 2. The van der Waals surface area contributed by atoms with Crippen LogP contribution in [0.1, 0.15) is 125 Å². The minimum absolute atomic E-state index is 0.0308. The number of methoxy groups -OCH3 is 4. The number of aliphatic hydroxyl groups excluding tert-OH is 2. The number of carbonyl (C=O) groups is 7. The number of hydrogen-bond donors (Lipinski definition) is 2. The zero-order valence-electron chi connectivity index (χ0n) is 68.5. The molecule has 0 bridgehead atoms. The maximum atomic E-state index is 14.0. The number of aliphatic hydroxyl groups is 2. The second kappa shape index (κ2) is 39.7. The van der Waals surface area contributed by atoms with Crippen molar-refractivity contribution in [2.75, 3.05) is 104 Å². The summed E-state index contributed by atoms with van der Waals surface area (Å²) in [5.41, 5.74) is 5.56. The Labute approximate surface area is 724 Å². The van der Waals surface area contributed by atoms with Crippen LogP contribution in [-0.2, 0) is 20.7 Å². The van der Waals surface area contributed by atoms with Gasteiger partial charge >= 0.3 is 12.2 Å². The average Bonchev–Trinajstić information content (AvgIpc) is 1.62. The first kappa shape index (κ1) is 89.2. The predicted octanol–water partition coefficient (Wildman–Crippen LogP) is 13.4. The van der Waals surface area contributed by atoms with Crippen molar-refractivity contribution in [1.29, 1.82) is 0 Å². The maximum absolute atomic E-state index is 14.0. The van der Waals surface area contributed by atoms with Gasteiger partial charge in [-0.1, -0.05) is 70.2 Å². The third-order valence-electron chi connectivity index (χ3n) is 21.5. The normalized spacial score (nSPS) is 19.8. The minimum Gasteiger partial charge on any atom is -0.493 e. The molecule has 123 heavy (non-hydrogen) atoms. The molecule has 0 unspecified atom stereocenters. The summed E-state index contributed by atoms with van der Waals surface area (Å²) in [6, 6.07) is 16.4. The van der Waals surface area contributed by atoms with Gasteiger partial charge in [0.1, 0.15) is 35.7 Å². The molecule has 0 spiro atoms. The SMILES string of the molecule is C=C1C[C@H]2C(=O)Cc3cc(OCCCCCOc4cc5c(cc4OC)C(=O)N4CC(=C)C[C@H]4[C@H](O)N5C(=O)OC[C@@H](C)SSc4ccc([N+](=O)[O-])cn4)c(OC)cc3C(=O)N2C1.C=C1C[C@H]2C=Nc3cc(OCCCCCOc4cc5c(cc4OC)C(=O)N4CC(=C)C[C@H]4[C@H](O)N5C(=O)OC[C@@H](C)SSc4ccc([N+](=O)[O-])cn4)c(OC)cc3C(=O)N2C1. The topological polar surface area (TPSA) is 396 Å². The van der Waals surface area contributed by atoms with Gasteiger partial charge in [-0.05, 0) is 148 Å². The van der Waals surface area contributed by atoms with Crippen LogP contribution in [0, 0.1) is 20.2 Å². The summed E-state index contributed by atoms with van der Waals surface area (Å²) >= 11 is 0. The fraction of sp³-hybridized carbons (Fsp3) is 0.412. The monoisotopic (exact) mass is 1760 g/mol. The highest BCUT2D eigenvalue weighted by Gasteiger charge is 2.49. The van der Waals surface area contributed by atoms with Gasteiger partial charge in [-0.3, -0.25) is 49.2 Å². The van der Waals surface area contributed by atoms with Crippen molar-refractivity contribution in [2.24, 2.45) is 4.99 Å². The number of unbranched alkanes of at least 4 members (excludes halogenated alkanes) is 4. The molecule has 8 aliphatic heterocycles. The first-order chi connectivity index (χ1) is 59.1. The number of pyridine rings is 2. The van der Waals surface area contributed by atoms with Crippen molar-refractivity contribution in [1.82, 2.24) is 29.6 Å². The summed E-state index contributed by atoms with van der Waals surface area (Å²) < 4.78 is 58.4. The number of fused-ring (bicyclic) bond motifs is 8. The predicted molar refractivity (Wildman–Crippen MR) is 460 cm³/mol. The molecular weight excluding hydrogens is 1670 g/mol. The van der Waals surface area contributed by atoms with Crippen LogP contribution in [0.5, 0.6) is 46.0 Å². The lowest BCUT2D eigenvalue weighted by Crippen LogP contribution is -2.51. The zero-order chi connectivity index (χ0) is 87.6. The molecule has 0 aliphatic carbocycles. The first-order valence-electron chi connectivity index (χ1n) is 39.7. The third kappa shape index (κ3) is 20.2. The summed E-state index contributed by atoms with van der Waals surface area (Å²) in [5, 5.41) is 45.9. The van der Waals surface area contributed by atoms with Gasteiger partial charge in [0.15, 0.2) is 64.2 Å². The molecule has 4 fully saturated rings. The summed E-state index contributed by atoms with van der Waals surface area (Å²) in [5.74, 6) is 1.66. The number of aromatic nitrogens is 2. The van der Waals surface area contributed by atoms with E-state index < -0.39 is 64.4 Å². The van der Waals surface area contributed by atoms with E-state index >= 15 is 0 Å². The molecule has 6 aromatic rings. The highest BCUT2D eigenvalue weighted by molar-refractivity contribution is 8.77. The quantitative estimate of drug-likeness (QED) is 0.0130. The van der Waals surface area contributed by atoms with E-state index in [1.54, 1.807) is 40.3 Å². The molecule has 650 valence electrons. The van der Waals surface area contributed by atoms with Crippen LogP contribution in [0.3, 0.4) is 0 Å². The van der Waals surface area contributed by atoms with Crippen molar-refractivity contribution in [3.05, 3.63) is 182 Å². The number of nitro groups is 2. The van der Waals surface area contributed by atoms with Crippen molar-refractivity contribution < 1.29 is 101 Å². The van der Waals surface area contributed by atoms with E-state index in [1.165, 1.54) is 142 Å². The number of Topliss-reactive ketones (excluding diaryl/α,β-unsaturated/α-hetero) is 1. The highest BCUT2D eigenvalue weighted by Crippen LogP contribution is 2.47. The minimum atomic E-state index is -1.47. The van der Waals surface area contributed by atoms with Crippen molar-refractivity contribution in [2.45, 2.75) is 142 Å². The Morgan fingerprint density at radius 2 is 0.886 bits per heavy atom. The second-order valence-corrected chi connectivity index (χ2v) is 35.7. The van der Waals surface area contributed by atoms with E-state index in [2.05, 4.69) is 41.3 Å². The number of hydrogen-bond acceptors (Lipinski definition) is 30. The Morgan fingerprint density at radius 3 is 1.33 bits per heavy atom. The number of carbonyl (C=O) groups excluding carboxylic acids is 7. The molecular formula is C85H93N11O23S4. The van der Waals surface area contributed by atoms with Gasteiger partial charge in [-0.25, -0.2) is 29.4 Å². The van der Waals surface area contributed by atoms with E-state index in [0.29, 0.717) is 133 Å². The maximum Gasteiger partial charge on any atom is 0.416 e. The van der Waals surface area contributed by atoms with Crippen molar-refractivity contribution in [3.8, 4) is 46.0 Å².